The molecule has 0 saturated heterocycles. The summed E-state index contributed by atoms with van der Waals surface area (Å²) >= 11 is 0. The summed E-state index contributed by atoms with van der Waals surface area (Å²) in [5.74, 6) is 10.4. The predicted molar refractivity (Wildman–Crippen MR) is 104 cm³/mol. The number of hydrogen-bond donors (Lipinski definition) is 0. The molecule has 0 heterocycles. The quantitative estimate of drug-likeness (QED) is 0.548. The molecule has 24 heavy (non-hydrogen) atoms. The zero-order chi connectivity index (χ0) is 16.8. The third-order valence-electron chi connectivity index (χ3n) is 6.37. The Kier molecular flexibility index (Phi) is 6.42. The van der Waals surface area contributed by atoms with Crippen LogP contribution < -0.4 is 0 Å². The van der Waals surface area contributed by atoms with Gasteiger partial charge in [-0.1, -0.05) is 63.5 Å². The van der Waals surface area contributed by atoms with Crippen molar-refractivity contribution in [1.29, 1.82) is 0 Å². The fourth-order valence-corrected chi connectivity index (χ4v) is 4.33. The van der Waals surface area contributed by atoms with Crippen LogP contribution in [0, 0.1) is 35.5 Å². The number of rotatable bonds is 3. The van der Waals surface area contributed by atoms with Crippen LogP contribution in [-0.2, 0) is 6.42 Å². The van der Waals surface area contributed by atoms with Gasteiger partial charge in [0, 0.05) is 11.5 Å². The van der Waals surface area contributed by atoms with Gasteiger partial charge in [0.15, 0.2) is 0 Å². The number of hydrogen-bond acceptors (Lipinski definition) is 0. The highest BCUT2D eigenvalue weighted by atomic mass is 14.2. The van der Waals surface area contributed by atoms with Crippen molar-refractivity contribution in [1.82, 2.24) is 0 Å². The maximum Gasteiger partial charge on any atom is 0.0245 e. The van der Waals surface area contributed by atoms with Gasteiger partial charge in [-0.2, -0.15) is 0 Å². The Bertz CT molecular complexity index is 540. The molecule has 0 radical (unpaired) electrons. The maximum atomic E-state index is 3.52. The summed E-state index contributed by atoms with van der Waals surface area (Å²) in [5, 5.41) is 0. The second kappa shape index (κ2) is 8.75. The normalized spacial score (nSPS) is 30.4. The molecule has 1 aromatic rings. The molecule has 2 saturated carbocycles. The molecular weight excluding hydrogens is 288 g/mol. The van der Waals surface area contributed by atoms with Crippen molar-refractivity contribution < 1.29 is 0 Å². The van der Waals surface area contributed by atoms with Gasteiger partial charge in [0.2, 0.25) is 0 Å². The molecule has 2 fully saturated rings. The molecule has 2 aliphatic carbocycles. The van der Waals surface area contributed by atoms with Gasteiger partial charge in [0.05, 0.1) is 0 Å². The van der Waals surface area contributed by atoms with Crippen LogP contribution >= 0.6 is 0 Å². The lowest BCUT2D eigenvalue weighted by Crippen LogP contribution is -2.12. The second-order valence-electron chi connectivity index (χ2n) is 8.59. The highest BCUT2D eigenvalue weighted by molar-refractivity contribution is 5.36. The SMILES string of the molecule is CC1CCC(C#Cc2ccc(CCC3CCC(C)CC3)cc2)CC1. The Balaban J connectivity index is 1.45. The summed E-state index contributed by atoms with van der Waals surface area (Å²) in [6.07, 6.45) is 13.7. The van der Waals surface area contributed by atoms with Crippen molar-refractivity contribution in [2.45, 2.75) is 78.1 Å². The van der Waals surface area contributed by atoms with Crippen LogP contribution in [0.3, 0.4) is 0 Å². The third-order valence-corrected chi connectivity index (χ3v) is 6.37. The standard InChI is InChI=1S/C24H34/c1-19-3-7-21(8-4-19)11-13-23-15-17-24(18-16-23)14-12-22-9-5-20(2)6-10-22/h15-22H,3-11,13H2,1-2H3. The smallest absolute Gasteiger partial charge is 0.0245 e. The molecular formula is C24H34. The summed E-state index contributed by atoms with van der Waals surface area (Å²) < 4.78 is 0. The molecule has 0 amide bonds. The Morgan fingerprint density at radius 2 is 1.38 bits per heavy atom. The topological polar surface area (TPSA) is 0 Å². The molecule has 0 N–H and O–H groups in total. The molecule has 0 aliphatic heterocycles. The summed E-state index contributed by atoms with van der Waals surface area (Å²) in [6, 6.07) is 9.07. The van der Waals surface area contributed by atoms with E-state index in [0.29, 0.717) is 5.92 Å². The van der Waals surface area contributed by atoms with E-state index in [2.05, 4.69) is 50.0 Å². The average molecular weight is 323 g/mol. The van der Waals surface area contributed by atoms with Crippen molar-refractivity contribution in [3.05, 3.63) is 35.4 Å². The maximum absolute atomic E-state index is 3.52. The number of aryl methyl sites for hydroxylation is 1. The van der Waals surface area contributed by atoms with Gasteiger partial charge in [0.25, 0.3) is 0 Å². The van der Waals surface area contributed by atoms with Gasteiger partial charge in [-0.15, -0.1) is 0 Å². The summed E-state index contributed by atoms with van der Waals surface area (Å²) in [6.45, 7) is 4.78. The molecule has 0 spiro atoms. The lowest BCUT2D eigenvalue weighted by atomic mass is 9.80. The van der Waals surface area contributed by atoms with Crippen LogP contribution in [0.1, 0.15) is 82.8 Å². The van der Waals surface area contributed by atoms with Gasteiger partial charge in [0.1, 0.15) is 0 Å². The van der Waals surface area contributed by atoms with Crippen molar-refractivity contribution in [2.24, 2.45) is 23.7 Å². The summed E-state index contributed by atoms with van der Waals surface area (Å²) in [4.78, 5) is 0. The average Bonchev–Trinajstić information content (AvgIpc) is 2.62. The van der Waals surface area contributed by atoms with E-state index in [0.717, 1.165) is 17.8 Å². The highest BCUT2D eigenvalue weighted by Crippen LogP contribution is 2.31. The Morgan fingerprint density at radius 3 is 2.00 bits per heavy atom. The zero-order valence-corrected chi connectivity index (χ0v) is 15.7. The minimum Gasteiger partial charge on any atom is -0.0945 e. The molecule has 130 valence electrons. The zero-order valence-electron chi connectivity index (χ0n) is 15.7. The van der Waals surface area contributed by atoms with E-state index in [1.165, 1.54) is 75.3 Å². The first-order chi connectivity index (χ1) is 11.7. The van der Waals surface area contributed by atoms with E-state index in [1.54, 1.807) is 0 Å². The fraction of sp³-hybridized carbons (Fsp3) is 0.667. The lowest BCUT2D eigenvalue weighted by Gasteiger charge is -2.26. The van der Waals surface area contributed by atoms with Crippen molar-refractivity contribution in [3.8, 4) is 11.8 Å². The first kappa shape index (κ1) is 17.6. The Labute approximate surface area is 149 Å². The molecule has 0 heteroatoms. The molecule has 0 unspecified atom stereocenters. The van der Waals surface area contributed by atoms with Crippen molar-refractivity contribution in [3.63, 3.8) is 0 Å². The predicted octanol–water partition coefficient (Wildman–Crippen LogP) is 6.62. The second-order valence-corrected chi connectivity index (χ2v) is 8.59. The lowest BCUT2D eigenvalue weighted by molar-refractivity contribution is 0.278. The van der Waals surface area contributed by atoms with Crippen LogP contribution in [0.5, 0.6) is 0 Å². The highest BCUT2D eigenvalue weighted by Gasteiger charge is 2.18. The van der Waals surface area contributed by atoms with Gasteiger partial charge in [-0.25, -0.2) is 0 Å². The van der Waals surface area contributed by atoms with Gasteiger partial charge >= 0.3 is 0 Å². The van der Waals surface area contributed by atoms with E-state index >= 15 is 0 Å². The molecule has 0 bridgehead atoms. The first-order valence-electron chi connectivity index (χ1n) is 10.3. The minimum atomic E-state index is 0.634. The van der Waals surface area contributed by atoms with E-state index < -0.39 is 0 Å². The van der Waals surface area contributed by atoms with Gasteiger partial charge in [-0.05, 0) is 74.0 Å². The molecule has 0 nitrogen and oxygen atoms in total. The first-order valence-corrected chi connectivity index (χ1v) is 10.3. The molecule has 3 rings (SSSR count). The van der Waals surface area contributed by atoms with E-state index in [1.807, 2.05) is 0 Å². The van der Waals surface area contributed by atoms with Crippen LogP contribution in [0.25, 0.3) is 0 Å². The molecule has 2 aliphatic rings. The van der Waals surface area contributed by atoms with Gasteiger partial charge in [-0.3, -0.25) is 0 Å². The van der Waals surface area contributed by atoms with E-state index in [9.17, 15) is 0 Å². The molecule has 0 aromatic heterocycles. The van der Waals surface area contributed by atoms with Crippen LogP contribution in [0.2, 0.25) is 0 Å². The molecule has 1 aromatic carbocycles. The monoisotopic (exact) mass is 322 g/mol. The van der Waals surface area contributed by atoms with Crippen molar-refractivity contribution in [2.75, 3.05) is 0 Å². The van der Waals surface area contributed by atoms with E-state index in [-0.39, 0.29) is 0 Å². The number of benzene rings is 1. The largest absolute Gasteiger partial charge is 0.0945 e. The van der Waals surface area contributed by atoms with Crippen LogP contribution in [0.4, 0.5) is 0 Å². The Morgan fingerprint density at radius 1 is 0.792 bits per heavy atom. The minimum absolute atomic E-state index is 0.634. The van der Waals surface area contributed by atoms with E-state index in [4.69, 9.17) is 0 Å². The summed E-state index contributed by atoms with van der Waals surface area (Å²) in [5.41, 5.74) is 2.69. The third kappa shape index (κ3) is 5.41. The van der Waals surface area contributed by atoms with Crippen LogP contribution in [0.15, 0.2) is 24.3 Å². The molecule has 0 atom stereocenters. The van der Waals surface area contributed by atoms with Crippen molar-refractivity contribution >= 4 is 0 Å². The summed E-state index contributed by atoms with van der Waals surface area (Å²) in [7, 11) is 0. The van der Waals surface area contributed by atoms with Gasteiger partial charge < -0.3 is 0 Å². The Hall–Kier alpha value is -1.22. The van der Waals surface area contributed by atoms with Crippen LogP contribution in [-0.4, -0.2) is 0 Å². The fourth-order valence-electron chi connectivity index (χ4n) is 4.33.